The predicted molar refractivity (Wildman–Crippen MR) is 238 cm³/mol. The molecule has 0 fully saturated rings. The molecular formula is C51H50O12. The Balaban J connectivity index is 0.000000280. The van der Waals surface area contributed by atoms with Gasteiger partial charge >= 0.3 is 11.9 Å². The number of hydrogen-bond acceptors (Lipinski definition) is 12. The van der Waals surface area contributed by atoms with Gasteiger partial charge in [-0.05, 0) is 131 Å². The van der Waals surface area contributed by atoms with Crippen LogP contribution in [0.2, 0.25) is 0 Å². The highest BCUT2D eigenvalue weighted by molar-refractivity contribution is 6.07. The van der Waals surface area contributed by atoms with Gasteiger partial charge in [0, 0.05) is 16.7 Å². The summed E-state index contributed by atoms with van der Waals surface area (Å²) in [6.07, 6.45) is 6.31. The number of benzene rings is 5. The van der Waals surface area contributed by atoms with Crippen molar-refractivity contribution in [3.63, 3.8) is 0 Å². The van der Waals surface area contributed by atoms with E-state index < -0.39 is 23.1 Å². The van der Waals surface area contributed by atoms with Crippen molar-refractivity contribution in [2.45, 2.75) is 45.8 Å². The molecule has 0 saturated heterocycles. The van der Waals surface area contributed by atoms with Crippen molar-refractivity contribution >= 4 is 47.2 Å². The van der Waals surface area contributed by atoms with Gasteiger partial charge in [-0.2, -0.15) is 0 Å². The van der Waals surface area contributed by atoms with Crippen LogP contribution in [0.3, 0.4) is 0 Å². The second-order valence-corrected chi connectivity index (χ2v) is 15.0. The van der Waals surface area contributed by atoms with Crippen molar-refractivity contribution < 1.29 is 57.9 Å². The zero-order chi connectivity index (χ0) is 46.0. The minimum atomic E-state index is -1.44. The Morgan fingerprint density at radius 3 is 1.19 bits per heavy atom. The van der Waals surface area contributed by atoms with Gasteiger partial charge in [0.1, 0.15) is 49.1 Å². The highest BCUT2D eigenvalue weighted by atomic mass is 16.6. The molecule has 0 aliphatic carbocycles. The summed E-state index contributed by atoms with van der Waals surface area (Å²) < 4.78 is 21.4. The van der Waals surface area contributed by atoms with Gasteiger partial charge in [-0.15, -0.1) is 0 Å². The molecule has 5 aromatic rings. The molecular weight excluding hydrogens is 805 g/mol. The standard InChI is InChI=1S/C28H26O6.C23H24O6/c1-28(2,32)26(30)22-13-15-24(16-14-22)33-18-19-34-27(31)23-11-8-20(9-12-23)10-17-25(29)21-6-4-3-5-7-21;1-16(24)4-5-17-6-8-19(9-7-17)22(26)29-15-14-28-20-12-10-18(11-13-20)21(25)23(2,3)27/h3-17,32H,18-19H2,1-2H3;4-13,27H,14-15H2,1-3H3/b17-10+;5-4+. The fraction of sp³-hybridized carbons (Fsp3) is 0.216. The molecule has 0 saturated carbocycles. The third-order valence-corrected chi connectivity index (χ3v) is 8.80. The average Bonchev–Trinajstić information content (AvgIpc) is 3.27. The summed E-state index contributed by atoms with van der Waals surface area (Å²) in [7, 11) is 0. The minimum absolute atomic E-state index is 0.0491. The Bertz CT molecular complexity index is 2380. The smallest absolute Gasteiger partial charge is 0.338 e. The van der Waals surface area contributed by atoms with Gasteiger partial charge in [-0.25, -0.2) is 9.59 Å². The van der Waals surface area contributed by atoms with Crippen LogP contribution in [-0.4, -0.2) is 82.9 Å². The number of hydrogen-bond donors (Lipinski definition) is 2. The van der Waals surface area contributed by atoms with E-state index in [-0.39, 0.29) is 49.6 Å². The molecule has 0 amide bonds. The number of carbonyl (C=O) groups is 6. The molecule has 2 N–H and O–H groups in total. The molecule has 5 aromatic carbocycles. The van der Waals surface area contributed by atoms with E-state index >= 15 is 0 Å². The lowest BCUT2D eigenvalue weighted by atomic mass is 9.97. The Hall–Kier alpha value is -7.28. The molecule has 0 aromatic heterocycles. The molecule has 326 valence electrons. The van der Waals surface area contributed by atoms with Crippen molar-refractivity contribution in [2.75, 3.05) is 26.4 Å². The van der Waals surface area contributed by atoms with E-state index in [1.54, 1.807) is 121 Å². The molecule has 12 nitrogen and oxygen atoms in total. The first-order valence-corrected chi connectivity index (χ1v) is 19.9. The average molecular weight is 855 g/mol. The number of ether oxygens (including phenoxy) is 4. The van der Waals surface area contributed by atoms with Crippen molar-refractivity contribution in [3.05, 3.63) is 178 Å². The normalized spacial score (nSPS) is 11.3. The summed E-state index contributed by atoms with van der Waals surface area (Å²) in [5.41, 5.74) is 0.901. The molecule has 0 radical (unpaired) electrons. The van der Waals surface area contributed by atoms with E-state index in [9.17, 15) is 39.0 Å². The fourth-order valence-corrected chi connectivity index (χ4v) is 5.41. The first-order chi connectivity index (χ1) is 29.9. The maximum Gasteiger partial charge on any atom is 0.338 e. The Labute approximate surface area is 366 Å². The van der Waals surface area contributed by atoms with Gasteiger partial charge in [0.05, 0.1) is 11.1 Å². The number of esters is 2. The van der Waals surface area contributed by atoms with Crippen LogP contribution in [0.4, 0.5) is 0 Å². The van der Waals surface area contributed by atoms with Crippen LogP contribution in [0.25, 0.3) is 12.2 Å². The third-order valence-electron chi connectivity index (χ3n) is 8.80. The number of allylic oxidation sites excluding steroid dienone is 2. The number of rotatable bonds is 19. The van der Waals surface area contributed by atoms with Gasteiger partial charge < -0.3 is 29.2 Å². The molecule has 0 spiro atoms. The van der Waals surface area contributed by atoms with E-state index in [0.29, 0.717) is 39.3 Å². The second-order valence-electron chi connectivity index (χ2n) is 15.0. The molecule has 0 atom stereocenters. The quantitative estimate of drug-likeness (QED) is 0.0352. The Morgan fingerprint density at radius 2 is 0.825 bits per heavy atom. The third kappa shape index (κ3) is 16.3. The first-order valence-electron chi connectivity index (χ1n) is 19.9. The zero-order valence-corrected chi connectivity index (χ0v) is 35.7. The highest BCUT2D eigenvalue weighted by Crippen LogP contribution is 2.19. The number of Topliss-reactive ketones (excluding diaryl/α,β-unsaturated/α-hetero) is 2. The SMILES string of the molecule is CC(=O)/C=C/c1ccc(C(=O)OCCOc2ccc(C(=O)C(C)(C)O)cc2)cc1.CC(C)(O)C(=O)c1ccc(OCCOC(=O)c2ccc(/C=C/C(=O)c3ccccc3)cc2)cc1. The second kappa shape index (κ2) is 23.1. The largest absolute Gasteiger partial charge is 0.490 e. The molecule has 12 heteroatoms. The molecule has 5 rings (SSSR count). The van der Waals surface area contributed by atoms with Crippen LogP contribution in [0.15, 0.2) is 140 Å². The molecule has 0 unspecified atom stereocenters. The van der Waals surface area contributed by atoms with E-state index in [4.69, 9.17) is 18.9 Å². The summed E-state index contributed by atoms with van der Waals surface area (Å²) >= 11 is 0. The van der Waals surface area contributed by atoms with Crippen LogP contribution in [-0.2, 0) is 14.3 Å². The molecule has 63 heavy (non-hydrogen) atoms. The minimum Gasteiger partial charge on any atom is -0.490 e. The summed E-state index contributed by atoms with van der Waals surface area (Å²) in [6.45, 7) is 7.63. The van der Waals surface area contributed by atoms with Crippen LogP contribution >= 0.6 is 0 Å². The molecule has 0 bridgehead atoms. The van der Waals surface area contributed by atoms with Gasteiger partial charge in [-0.1, -0.05) is 66.7 Å². The lowest BCUT2D eigenvalue weighted by Gasteiger charge is -2.15. The lowest BCUT2D eigenvalue weighted by Crippen LogP contribution is -2.30. The number of aliphatic hydroxyl groups is 2. The number of carbonyl (C=O) groups excluding carboxylic acids is 6. The Kier molecular flexibility index (Phi) is 17.7. The maximum atomic E-state index is 12.2. The van der Waals surface area contributed by atoms with E-state index in [1.165, 1.54) is 46.8 Å². The van der Waals surface area contributed by atoms with Crippen LogP contribution in [0.1, 0.15) is 97.5 Å². The van der Waals surface area contributed by atoms with Gasteiger partial charge in [0.2, 0.25) is 0 Å². The Morgan fingerprint density at radius 1 is 0.460 bits per heavy atom. The van der Waals surface area contributed by atoms with Crippen molar-refractivity contribution in [3.8, 4) is 11.5 Å². The topological polar surface area (TPSA) is 180 Å². The summed E-state index contributed by atoms with van der Waals surface area (Å²) in [5.74, 6) is -0.806. The van der Waals surface area contributed by atoms with Gasteiger partial charge in [0.25, 0.3) is 0 Å². The zero-order valence-electron chi connectivity index (χ0n) is 35.7. The van der Waals surface area contributed by atoms with Crippen molar-refractivity contribution in [2.24, 2.45) is 0 Å². The predicted octanol–water partition coefficient (Wildman–Crippen LogP) is 8.25. The molecule has 0 heterocycles. The van der Waals surface area contributed by atoms with Crippen molar-refractivity contribution in [1.82, 2.24) is 0 Å². The fourth-order valence-electron chi connectivity index (χ4n) is 5.41. The first kappa shape index (κ1) is 48.4. The molecule has 0 aliphatic rings. The monoisotopic (exact) mass is 854 g/mol. The van der Waals surface area contributed by atoms with Crippen molar-refractivity contribution in [1.29, 1.82) is 0 Å². The lowest BCUT2D eigenvalue weighted by molar-refractivity contribution is -0.112. The summed E-state index contributed by atoms with van der Waals surface area (Å²) in [6, 6.07) is 35.2. The number of ketones is 4. The summed E-state index contributed by atoms with van der Waals surface area (Å²) in [5, 5.41) is 19.5. The summed E-state index contributed by atoms with van der Waals surface area (Å²) in [4.78, 5) is 71.3. The van der Waals surface area contributed by atoms with E-state index in [2.05, 4.69) is 0 Å². The highest BCUT2D eigenvalue weighted by Gasteiger charge is 2.26. The van der Waals surface area contributed by atoms with Crippen LogP contribution in [0.5, 0.6) is 11.5 Å². The maximum absolute atomic E-state index is 12.2. The van der Waals surface area contributed by atoms with Gasteiger partial charge in [-0.3, -0.25) is 19.2 Å². The van der Waals surface area contributed by atoms with E-state index in [1.807, 2.05) is 18.2 Å². The van der Waals surface area contributed by atoms with Crippen LogP contribution in [0, 0.1) is 0 Å². The molecule has 0 aliphatic heterocycles. The van der Waals surface area contributed by atoms with E-state index in [0.717, 1.165) is 11.1 Å². The van der Waals surface area contributed by atoms with Crippen LogP contribution < -0.4 is 9.47 Å². The van der Waals surface area contributed by atoms with Gasteiger partial charge in [0.15, 0.2) is 23.1 Å².